The number of piperazine rings is 1. The summed E-state index contributed by atoms with van der Waals surface area (Å²) in [4.78, 5) is 27.3. The first kappa shape index (κ1) is 31.6. The molecular weight excluding hydrogens is 596 g/mol. The van der Waals surface area contributed by atoms with Crippen molar-refractivity contribution in [2.75, 3.05) is 62.7 Å². The number of aryl methyl sites for hydroxylation is 1. The van der Waals surface area contributed by atoms with Gasteiger partial charge in [-0.25, -0.2) is 18.7 Å². The van der Waals surface area contributed by atoms with E-state index in [-0.39, 0.29) is 19.2 Å². The number of amides is 1. The Bertz CT molecular complexity index is 1580. The third-order valence-electron chi connectivity index (χ3n) is 8.86. The number of nitrogens with one attached hydrogen (secondary N) is 1. The molecule has 0 saturated carbocycles. The molecule has 0 unspecified atom stereocenters. The van der Waals surface area contributed by atoms with Crippen LogP contribution in [-0.2, 0) is 9.53 Å². The van der Waals surface area contributed by atoms with E-state index in [1.54, 1.807) is 24.4 Å². The lowest BCUT2D eigenvalue weighted by atomic mass is 10.1. The second-order valence-electron chi connectivity index (χ2n) is 11.8. The fourth-order valence-electron chi connectivity index (χ4n) is 6.01. The number of nitrogens with zero attached hydrogens (tertiary/aromatic N) is 6. The highest BCUT2D eigenvalue weighted by molar-refractivity contribution is 5.81. The molecule has 3 aromatic rings. The van der Waals surface area contributed by atoms with Crippen LogP contribution < -0.4 is 15.0 Å². The van der Waals surface area contributed by atoms with Crippen molar-refractivity contribution in [3.05, 3.63) is 59.8 Å². The van der Waals surface area contributed by atoms with Gasteiger partial charge in [0.15, 0.2) is 6.10 Å². The van der Waals surface area contributed by atoms with E-state index in [9.17, 15) is 23.9 Å². The van der Waals surface area contributed by atoms with Crippen LogP contribution in [0.4, 0.5) is 26.1 Å². The molecule has 46 heavy (non-hydrogen) atoms. The molecule has 4 heterocycles. The summed E-state index contributed by atoms with van der Waals surface area (Å²) in [5.74, 6) is -0.155. The Labute approximate surface area is 266 Å². The fourth-order valence-corrected chi connectivity index (χ4v) is 6.01. The Morgan fingerprint density at radius 2 is 1.85 bits per heavy atom. The van der Waals surface area contributed by atoms with Crippen LogP contribution in [0.2, 0.25) is 0 Å². The average molecular weight is 634 g/mol. The molecule has 0 aliphatic carbocycles. The number of anilines is 3. The summed E-state index contributed by atoms with van der Waals surface area (Å²) in [5.41, 5.74) is 4.85. The third-order valence-corrected chi connectivity index (χ3v) is 8.86. The van der Waals surface area contributed by atoms with Gasteiger partial charge >= 0.3 is 0 Å². The lowest BCUT2D eigenvalue weighted by molar-refractivity contribution is -0.150. The number of rotatable bonds is 9. The van der Waals surface area contributed by atoms with Gasteiger partial charge in [0.05, 0.1) is 30.5 Å². The molecule has 3 aliphatic rings. The van der Waals surface area contributed by atoms with Crippen molar-refractivity contribution in [1.29, 1.82) is 5.26 Å². The zero-order chi connectivity index (χ0) is 32.2. The second-order valence-corrected chi connectivity index (χ2v) is 11.8. The Balaban J connectivity index is 1.07. The van der Waals surface area contributed by atoms with Crippen LogP contribution in [0.3, 0.4) is 0 Å². The summed E-state index contributed by atoms with van der Waals surface area (Å²) in [5, 5.41) is 22.6. The highest BCUT2D eigenvalue weighted by Gasteiger charge is 2.33. The van der Waals surface area contributed by atoms with Gasteiger partial charge in [0.25, 0.3) is 12.3 Å². The van der Waals surface area contributed by atoms with Crippen LogP contribution in [0.15, 0.2) is 48.7 Å². The Kier molecular flexibility index (Phi) is 9.58. The molecule has 2 N–H and O–H groups in total. The van der Waals surface area contributed by atoms with E-state index < -0.39 is 18.4 Å². The number of nitriles is 1. The molecule has 13 heteroatoms. The number of benzene rings is 2. The van der Waals surface area contributed by atoms with Gasteiger partial charge in [0.2, 0.25) is 5.95 Å². The largest absolute Gasteiger partial charge is 0.489 e. The molecule has 0 radical (unpaired) electrons. The third kappa shape index (κ3) is 7.04. The van der Waals surface area contributed by atoms with Crippen LogP contribution in [0.5, 0.6) is 5.75 Å². The number of halogens is 2. The monoisotopic (exact) mass is 633 g/mol. The molecule has 0 spiro atoms. The number of carbonyl (C=O) groups excluding carboxylic acids is 1. The summed E-state index contributed by atoms with van der Waals surface area (Å²) in [6.45, 7) is 8.14. The van der Waals surface area contributed by atoms with Crippen molar-refractivity contribution >= 4 is 23.2 Å². The van der Waals surface area contributed by atoms with Crippen molar-refractivity contribution in [3.63, 3.8) is 0 Å². The molecular formula is C33H37F2N7O4. The van der Waals surface area contributed by atoms with Crippen LogP contribution in [0, 0.1) is 18.3 Å². The number of ether oxygens (including phenoxy) is 2. The predicted octanol–water partition coefficient (Wildman–Crippen LogP) is 3.58. The number of piperidine rings is 1. The number of aliphatic hydroxyl groups excluding tert-OH is 1. The first-order valence-corrected chi connectivity index (χ1v) is 15.5. The molecule has 0 bridgehead atoms. The SMILES string of the molecule is Cc1cc(N2CCN(C3COC3)CC2)ccc1Nc1nccc(-c2ccc(OC3CCN(C(=O)[C@H](O)C(F)F)CC3)c(C#N)c2)n1. The van der Waals surface area contributed by atoms with Crippen molar-refractivity contribution in [2.24, 2.45) is 0 Å². The Morgan fingerprint density at radius 3 is 2.50 bits per heavy atom. The first-order chi connectivity index (χ1) is 22.3. The number of carbonyl (C=O) groups is 1. The van der Waals surface area contributed by atoms with E-state index in [1.165, 1.54) is 10.6 Å². The van der Waals surface area contributed by atoms with Crippen LogP contribution in [-0.4, -0.2) is 108 Å². The molecule has 11 nitrogen and oxygen atoms in total. The number of aromatic nitrogens is 2. The number of hydrogen-bond donors (Lipinski definition) is 2. The standard InChI is InChI=1S/C33H37F2N7O4/c1-21-16-24(40-12-14-41(15-13-40)25-19-45-20-25)3-4-27(21)38-33-37-9-6-28(39-33)22-2-5-29(23(17-22)18-36)46-26-7-10-42(11-8-26)32(44)30(43)31(34)35/h2-6,9,16-17,25-26,30-31,43H,7-8,10-15,19-20H2,1H3,(H,37,38,39)/t30-/m1/s1. The smallest absolute Gasteiger partial charge is 0.273 e. The lowest BCUT2D eigenvalue weighted by Gasteiger charge is -2.43. The quantitative estimate of drug-likeness (QED) is 0.361. The Morgan fingerprint density at radius 1 is 1.09 bits per heavy atom. The summed E-state index contributed by atoms with van der Waals surface area (Å²) in [7, 11) is 0. The minimum absolute atomic E-state index is 0.180. The van der Waals surface area contributed by atoms with Crippen LogP contribution in [0.1, 0.15) is 24.0 Å². The van der Waals surface area contributed by atoms with E-state index in [0.717, 1.165) is 56.2 Å². The topological polar surface area (TPSA) is 127 Å². The molecule has 3 saturated heterocycles. The van der Waals surface area contributed by atoms with E-state index in [0.29, 0.717) is 41.8 Å². The summed E-state index contributed by atoms with van der Waals surface area (Å²) >= 11 is 0. The van der Waals surface area contributed by atoms with E-state index >= 15 is 0 Å². The number of alkyl halides is 2. The van der Waals surface area contributed by atoms with Crippen molar-refractivity contribution < 1.29 is 28.2 Å². The predicted molar refractivity (Wildman–Crippen MR) is 167 cm³/mol. The highest BCUT2D eigenvalue weighted by Crippen LogP contribution is 2.30. The van der Waals surface area contributed by atoms with Gasteiger partial charge < -0.3 is 29.7 Å². The van der Waals surface area contributed by atoms with Gasteiger partial charge in [-0.15, -0.1) is 0 Å². The summed E-state index contributed by atoms with van der Waals surface area (Å²) in [6.07, 6.45) is -3.30. The molecule has 1 aromatic heterocycles. The first-order valence-electron chi connectivity index (χ1n) is 15.5. The Hall–Kier alpha value is -4.38. The maximum absolute atomic E-state index is 12.7. The number of aliphatic hydroxyl groups is 1. The average Bonchev–Trinajstić information content (AvgIpc) is 3.05. The molecule has 242 valence electrons. The maximum atomic E-state index is 12.7. The molecule has 1 atom stereocenters. The summed E-state index contributed by atoms with van der Waals surface area (Å²) < 4.78 is 36.8. The number of likely N-dealkylation sites (tertiary alicyclic amines) is 1. The number of hydrogen-bond acceptors (Lipinski definition) is 10. The minimum Gasteiger partial charge on any atom is -0.489 e. The fraction of sp³-hybridized carbons (Fsp3) is 0.455. The molecule has 1 amide bonds. The van der Waals surface area contributed by atoms with E-state index in [1.807, 2.05) is 12.1 Å². The van der Waals surface area contributed by atoms with Gasteiger partial charge in [-0.1, -0.05) is 0 Å². The molecule has 6 rings (SSSR count). The van der Waals surface area contributed by atoms with Gasteiger partial charge in [0.1, 0.15) is 17.9 Å². The second kappa shape index (κ2) is 13.9. The van der Waals surface area contributed by atoms with Crippen LogP contribution in [0.25, 0.3) is 11.3 Å². The highest BCUT2D eigenvalue weighted by atomic mass is 19.3. The normalized spacial score (nSPS) is 18.6. The minimum atomic E-state index is -3.12. The lowest BCUT2D eigenvalue weighted by Crippen LogP contribution is -2.56. The van der Waals surface area contributed by atoms with Gasteiger partial charge in [-0.2, -0.15) is 5.26 Å². The zero-order valence-corrected chi connectivity index (χ0v) is 25.6. The molecule has 2 aromatic carbocycles. The van der Waals surface area contributed by atoms with Gasteiger partial charge in [-0.3, -0.25) is 9.69 Å². The van der Waals surface area contributed by atoms with Crippen LogP contribution >= 0.6 is 0 Å². The van der Waals surface area contributed by atoms with E-state index in [2.05, 4.69) is 45.2 Å². The maximum Gasteiger partial charge on any atom is 0.273 e. The zero-order valence-electron chi connectivity index (χ0n) is 25.6. The molecule has 3 fully saturated rings. The van der Waals surface area contributed by atoms with Gasteiger partial charge in [-0.05, 0) is 55.0 Å². The summed E-state index contributed by atoms with van der Waals surface area (Å²) in [6, 6.07) is 16.1. The molecule has 3 aliphatic heterocycles. The van der Waals surface area contributed by atoms with Crippen molar-refractivity contribution in [1.82, 2.24) is 19.8 Å². The van der Waals surface area contributed by atoms with Gasteiger partial charge in [0, 0.05) is 75.2 Å². The van der Waals surface area contributed by atoms with Crippen molar-refractivity contribution in [3.8, 4) is 23.1 Å². The van der Waals surface area contributed by atoms with E-state index in [4.69, 9.17) is 14.5 Å². The van der Waals surface area contributed by atoms with Crippen molar-refractivity contribution in [2.45, 2.75) is 44.4 Å².